The fraction of sp³-hybridized carbons (Fsp3) is 0.167. The molecule has 3 rings (SSSR count). The fourth-order valence-corrected chi connectivity index (χ4v) is 3.64. The van der Waals surface area contributed by atoms with Crippen LogP contribution in [0.5, 0.6) is 0 Å². The van der Waals surface area contributed by atoms with Gasteiger partial charge in [0.1, 0.15) is 0 Å². The van der Waals surface area contributed by atoms with Crippen LogP contribution >= 0.6 is 46.8 Å². The number of fused-ring (bicyclic) bond motifs is 1. The summed E-state index contributed by atoms with van der Waals surface area (Å²) in [5, 5.41) is 0.586. The lowest BCUT2D eigenvalue weighted by Gasteiger charge is -2.11. The van der Waals surface area contributed by atoms with Gasteiger partial charge >= 0.3 is 0 Å². The van der Waals surface area contributed by atoms with E-state index in [1.165, 1.54) is 0 Å². The number of hydrogen-bond donors (Lipinski definition) is 1. The number of H-pyrrole nitrogens is 1. The number of aromatic amines is 1. The zero-order valence-corrected chi connectivity index (χ0v) is 13.0. The summed E-state index contributed by atoms with van der Waals surface area (Å²) >= 11 is 18.8. The van der Waals surface area contributed by atoms with Crippen molar-refractivity contribution in [2.24, 2.45) is 0 Å². The number of aromatic nitrogens is 3. The second-order valence-corrected chi connectivity index (χ2v) is 6.71. The molecule has 98 valence electrons. The molecule has 1 N–H and O–H groups in total. The van der Waals surface area contributed by atoms with Crippen LogP contribution in [0.1, 0.15) is 17.8 Å². The molecule has 3 aromatic rings. The minimum Gasteiger partial charge on any atom is -0.329 e. The van der Waals surface area contributed by atoms with E-state index in [2.05, 4.69) is 16.9 Å². The molecule has 3 aromatic heterocycles. The lowest BCUT2D eigenvalue weighted by molar-refractivity contribution is 0.655. The molecule has 7 heteroatoms. The molecule has 19 heavy (non-hydrogen) atoms. The number of halogens is 2. The molecule has 3 heterocycles. The maximum atomic E-state index is 5.99. The van der Waals surface area contributed by atoms with Gasteiger partial charge in [-0.25, -0.2) is 4.98 Å². The summed E-state index contributed by atoms with van der Waals surface area (Å²) in [7, 11) is 0. The minimum atomic E-state index is 0.0763. The largest absolute Gasteiger partial charge is 0.329 e. The summed E-state index contributed by atoms with van der Waals surface area (Å²) in [6.45, 7) is 2.07. The zero-order valence-electron chi connectivity index (χ0n) is 9.85. The van der Waals surface area contributed by atoms with E-state index in [-0.39, 0.29) is 6.04 Å². The Morgan fingerprint density at radius 2 is 2.21 bits per heavy atom. The zero-order chi connectivity index (χ0) is 13.6. The molecule has 0 aliphatic heterocycles. The summed E-state index contributed by atoms with van der Waals surface area (Å²) in [6, 6.07) is 5.80. The van der Waals surface area contributed by atoms with Crippen LogP contribution in [0.15, 0.2) is 24.4 Å². The quantitative estimate of drug-likeness (QED) is 0.666. The van der Waals surface area contributed by atoms with Gasteiger partial charge in [0.2, 0.25) is 0 Å². The standard InChI is InChI=1S/C12H9Cl2N3S2/c1-6(9-2-3-10(14)19-9)17-11-8(16-12(17)18)4-7(13)5-15-11/h2-6H,1H3,(H,16,18). The van der Waals surface area contributed by atoms with Crippen LogP contribution in [0.4, 0.5) is 0 Å². The Morgan fingerprint density at radius 3 is 2.89 bits per heavy atom. The van der Waals surface area contributed by atoms with Crippen molar-refractivity contribution >= 4 is 57.9 Å². The van der Waals surface area contributed by atoms with Gasteiger partial charge in [-0.3, -0.25) is 4.57 Å². The Balaban J connectivity index is 2.19. The molecule has 0 fully saturated rings. The van der Waals surface area contributed by atoms with Crippen LogP contribution in [0.3, 0.4) is 0 Å². The molecule has 0 aliphatic carbocycles. The molecule has 0 bridgehead atoms. The summed E-state index contributed by atoms with van der Waals surface area (Å²) in [5.41, 5.74) is 1.64. The van der Waals surface area contributed by atoms with Crippen molar-refractivity contribution in [3.05, 3.63) is 43.4 Å². The normalized spacial score (nSPS) is 13.0. The SMILES string of the molecule is CC(c1ccc(Cl)s1)n1c(=S)[nH]c2cc(Cl)cnc21. The molecule has 1 atom stereocenters. The fourth-order valence-electron chi connectivity index (χ4n) is 2.03. The van der Waals surface area contributed by atoms with E-state index in [4.69, 9.17) is 35.4 Å². The van der Waals surface area contributed by atoms with Crippen LogP contribution in [0, 0.1) is 4.77 Å². The first-order valence-corrected chi connectivity index (χ1v) is 7.55. The van der Waals surface area contributed by atoms with Crippen LogP contribution in [0.2, 0.25) is 9.36 Å². The van der Waals surface area contributed by atoms with E-state index in [9.17, 15) is 0 Å². The molecule has 1 unspecified atom stereocenters. The number of rotatable bonds is 2. The predicted molar refractivity (Wildman–Crippen MR) is 83.1 cm³/mol. The number of hydrogen-bond acceptors (Lipinski definition) is 3. The van der Waals surface area contributed by atoms with Crippen LogP contribution in [-0.4, -0.2) is 14.5 Å². The third-order valence-corrected chi connectivity index (χ3v) is 4.82. The van der Waals surface area contributed by atoms with Crippen LogP contribution in [0.25, 0.3) is 11.2 Å². The Bertz CT molecular complexity index is 803. The van der Waals surface area contributed by atoms with E-state index in [0.717, 1.165) is 20.4 Å². The molecule has 0 saturated carbocycles. The van der Waals surface area contributed by atoms with Gasteiger partial charge in [-0.15, -0.1) is 11.3 Å². The first kappa shape index (κ1) is 13.1. The lowest BCUT2D eigenvalue weighted by atomic mass is 10.3. The minimum absolute atomic E-state index is 0.0763. The molecular weight excluding hydrogens is 321 g/mol. The van der Waals surface area contributed by atoms with Crippen molar-refractivity contribution in [3.63, 3.8) is 0 Å². The van der Waals surface area contributed by atoms with Crippen molar-refractivity contribution in [2.75, 3.05) is 0 Å². The highest BCUT2D eigenvalue weighted by atomic mass is 35.5. The predicted octanol–water partition coefficient (Wildman–Crippen LogP) is 5.07. The molecule has 0 aromatic carbocycles. The Labute approximate surface area is 128 Å². The van der Waals surface area contributed by atoms with E-state index in [1.54, 1.807) is 17.5 Å². The van der Waals surface area contributed by atoms with E-state index < -0.39 is 0 Å². The van der Waals surface area contributed by atoms with E-state index in [1.807, 2.05) is 22.8 Å². The highest BCUT2D eigenvalue weighted by Gasteiger charge is 2.15. The maximum Gasteiger partial charge on any atom is 0.179 e. The van der Waals surface area contributed by atoms with Crippen molar-refractivity contribution in [3.8, 4) is 0 Å². The molecule has 0 radical (unpaired) electrons. The van der Waals surface area contributed by atoms with E-state index in [0.29, 0.717) is 9.79 Å². The molecule has 3 nitrogen and oxygen atoms in total. The topological polar surface area (TPSA) is 33.6 Å². The highest BCUT2D eigenvalue weighted by molar-refractivity contribution is 7.71. The molecule has 0 amide bonds. The monoisotopic (exact) mass is 329 g/mol. The van der Waals surface area contributed by atoms with Gasteiger partial charge in [-0.1, -0.05) is 23.2 Å². The third kappa shape index (κ3) is 2.31. The van der Waals surface area contributed by atoms with Crippen molar-refractivity contribution in [1.29, 1.82) is 0 Å². The second-order valence-electron chi connectivity index (χ2n) is 4.14. The van der Waals surface area contributed by atoms with Gasteiger partial charge < -0.3 is 4.98 Å². The van der Waals surface area contributed by atoms with Gasteiger partial charge in [0.25, 0.3) is 0 Å². The maximum absolute atomic E-state index is 5.99. The van der Waals surface area contributed by atoms with Gasteiger partial charge in [0.05, 0.1) is 20.9 Å². The van der Waals surface area contributed by atoms with E-state index >= 15 is 0 Å². The van der Waals surface area contributed by atoms with Gasteiger partial charge in [-0.2, -0.15) is 0 Å². The number of imidazole rings is 1. The number of nitrogens with one attached hydrogen (secondary N) is 1. The summed E-state index contributed by atoms with van der Waals surface area (Å²) < 4.78 is 3.37. The summed E-state index contributed by atoms with van der Waals surface area (Å²) in [4.78, 5) is 8.63. The third-order valence-electron chi connectivity index (χ3n) is 2.91. The van der Waals surface area contributed by atoms with Crippen molar-refractivity contribution in [2.45, 2.75) is 13.0 Å². The highest BCUT2D eigenvalue weighted by Crippen LogP contribution is 2.31. The number of pyridine rings is 1. The molecule has 0 aliphatic rings. The first-order chi connectivity index (χ1) is 9.06. The summed E-state index contributed by atoms with van der Waals surface area (Å²) in [6.07, 6.45) is 1.62. The second kappa shape index (κ2) is 4.90. The van der Waals surface area contributed by atoms with Gasteiger partial charge in [-0.05, 0) is 37.3 Å². The lowest BCUT2D eigenvalue weighted by Crippen LogP contribution is -2.05. The Morgan fingerprint density at radius 1 is 1.42 bits per heavy atom. The van der Waals surface area contributed by atoms with Gasteiger partial charge in [0, 0.05) is 11.1 Å². The molecule has 0 saturated heterocycles. The first-order valence-electron chi connectivity index (χ1n) is 5.57. The van der Waals surface area contributed by atoms with Crippen molar-refractivity contribution < 1.29 is 0 Å². The number of nitrogens with zero attached hydrogens (tertiary/aromatic N) is 2. The molecular formula is C12H9Cl2N3S2. The number of thiophene rings is 1. The molecule has 0 spiro atoms. The van der Waals surface area contributed by atoms with Crippen molar-refractivity contribution in [1.82, 2.24) is 14.5 Å². The van der Waals surface area contributed by atoms with Crippen LogP contribution < -0.4 is 0 Å². The van der Waals surface area contributed by atoms with Gasteiger partial charge in [0.15, 0.2) is 10.4 Å². The smallest absolute Gasteiger partial charge is 0.179 e. The Hall–Kier alpha value is -0.880. The average Bonchev–Trinajstić information content (AvgIpc) is 2.91. The van der Waals surface area contributed by atoms with Crippen LogP contribution in [-0.2, 0) is 0 Å². The Kier molecular flexibility index (Phi) is 3.39. The summed E-state index contributed by atoms with van der Waals surface area (Å²) in [5.74, 6) is 0. The average molecular weight is 330 g/mol.